The number of hydrogen-bond donors (Lipinski definition) is 1. The molecule has 1 N–H and O–H groups in total. The number of nitrogens with one attached hydrogen (secondary N) is 1. The molecule has 0 spiro atoms. The van der Waals surface area contributed by atoms with Gasteiger partial charge in [-0.2, -0.15) is 0 Å². The van der Waals surface area contributed by atoms with Crippen molar-refractivity contribution in [1.29, 1.82) is 0 Å². The quantitative estimate of drug-likeness (QED) is 0.414. The molecule has 1 amide bonds. The van der Waals surface area contributed by atoms with Gasteiger partial charge < -0.3 is 18.7 Å². The zero-order chi connectivity index (χ0) is 24.1. The average Bonchev–Trinajstić information content (AvgIpc) is 3.27. The van der Waals surface area contributed by atoms with Gasteiger partial charge in [-0.15, -0.1) is 0 Å². The van der Waals surface area contributed by atoms with E-state index in [1.807, 2.05) is 0 Å². The fourth-order valence-electron chi connectivity index (χ4n) is 3.45. The molecule has 34 heavy (non-hydrogen) atoms. The van der Waals surface area contributed by atoms with Gasteiger partial charge in [-0.25, -0.2) is 14.4 Å². The highest BCUT2D eigenvalue weighted by Crippen LogP contribution is 2.39. The Morgan fingerprint density at radius 2 is 1.74 bits per heavy atom. The standard InChI is InChI=1S/C24H21FN4O5/c1-31-18-10-14(11-19(32-2)23(18)33-3)12-20(30)28-24-21(17-8-9-26-13-27-17)22(29-34-24)15-4-6-16(25)7-5-15/h4-11,13H,12H2,1-3H3,(H,28,30). The molecule has 0 radical (unpaired) electrons. The predicted octanol–water partition coefficient (Wildman–Crippen LogP) is 4.14. The van der Waals surface area contributed by atoms with Crippen LogP contribution in [0.1, 0.15) is 5.56 Å². The molecule has 0 saturated carbocycles. The van der Waals surface area contributed by atoms with Gasteiger partial charge in [0.05, 0.1) is 39.0 Å². The molecular formula is C24H21FN4O5. The van der Waals surface area contributed by atoms with Crippen molar-refractivity contribution in [3.05, 3.63) is 66.4 Å². The molecule has 4 aromatic rings. The number of halogens is 1. The summed E-state index contributed by atoms with van der Waals surface area (Å²) in [6.07, 6.45) is 2.93. The molecule has 2 aromatic heterocycles. The van der Waals surface area contributed by atoms with E-state index < -0.39 is 0 Å². The molecule has 9 nitrogen and oxygen atoms in total. The van der Waals surface area contributed by atoms with Crippen molar-refractivity contribution >= 4 is 11.8 Å². The third-order valence-electron chi connectivity index (χ3n) is 4.99. The van der Waals surface area contributed by atoms with E-state index >= 15 is 0 Å². The summed E-state index contributed by atoms with van der Waals surface area (Å²) in [5.74, 6) is 0.658. The summed E-state index contributed by atoms with van der Waals surface area (Å²) in [4.78, 5) is 21.1. The van der Waals surface area contributed by atoms with E-state index in [9.17, 15) is 9.18 Å². The summed E-state index contributed by atoms with van der Waals surface area (Å²) in [5, 5.41) is 6.85. The monoisotopic (exact) mass is 464 g/mol. The van der Waals surface area contributed by atoms with Crippen molar-refractivity contribution in [2.75, 3.05) is 26.6 Å². The molecule has 2 aromatic carbocycles. The van der Waals surface area contributed by atoms with Crippen molar-refractivity contribution in [3.63, 3.8) is 0 Å². The predicted molar refractivity (Wildman–Crippen MR) is 121 cm³/mol. The molecule has 0 fully saturated rings. The van der Waals surface area contributed by atoms with Gasteiger partial charge in [-0.3, -0.25) is 10.1 Å². The Bertz CT molecular complexity index is 1270. The van der Waals surface area contributed by atoms with Crippen LogP contribution >= 0.6 is 0 Å². The van der Waals surface area contributed by atoms with Crippen LogP contribution in [0.2, 0.25) is 0 Å². The summed E-state index contributed by atoms with van der Waals surface area (Å²) in [5.41, 5.74) is 2.57. The van der Waals surface area contributed by atoms with Gasteiger partial charge in [0.2, 0.25) is 17.5 Å². The Kier molecular flexibility index (Phi) is 6.67. The number of carbonyl (C=O) groups is 1. The van der Waals surface area contributed by atoms with Gasteiger partial charge >= 0.3 is 0 Å². The molecule has 0 bridgehead atoms. The van der Waals surface area contributed by atoms with Gasteiger partial charge in [0.25, 0.3) is 0 Å². The molecule has 0 saturated heterocycles. The zero-order valence-electron chi connectivity index (χ0n) is 18.7. The first-order valence-electron chi connectivity index (χ1n) is 10.1. The van der Waals surface area contributed by atoms with Gasteiger partial charge in [0.15, 0.2) is 11.5 Å². The van der Waals surface area contributed by atoms with Crippen LogP contribution in [0.25, 0.3) is 22.5 Å². The van der Waals surface area contributed by atoms with Crippen LogP contribution in [0.4, 0.5) is 10.3 Å². The minimum absolute atomic E-state index is 0.00743. The second-order valence-electron chi connectivity index (χ2n) is 7.10. The van der Waals surface area contributed by atoms with Crippen LogP contribution in [0.5, 0.6) is 17.2 Å². The maximum Gasteiger partial charge on any atom is 0.241 e. The normalized spacial score (nSPS) is 10.6. The molecule has 0 aliphatic heterocycles. The van der Waals surface area contributed by atoms with Gasteiger partial charge in [-0.1, -0.05) is 5.16 Å². The van der Waals surface area contributed by atoms with E-state index in [4.69, 9.17) is 18.7 Å². The molecule has 2 heterocycles. The van der Waals surface area contributed by atoms with Crippen molar-refractivity contribution in [2.45, 2.75) is 6.42 Å². The number of hydrogen-bond acceptors (Lipinski definition) is 8. The number of benzene rings is 2. The fourth-order valence-corrected chi connectivity index (χ4v) is 3.45. The molecular weight excluding hydrogens is 443 g/mol. The number of amides is 1. The van der Waals surface area contributed by atoms with Crippen LogP contribution in [0.3, 0.4) is 0 Å². The lowest BCUT2D eigenvalue weighted by molar-refractivity contribution is -0.115. The second-order valence-corrected chi connectivity index (χ2v) is 7.10. The lowest BCUT2D eigenvalue weighted by Crippen LogP contribution is -2.15. The molecule has 0 aliphatic carbocycles. The van der Waals surface area contributed by atoms with E-state index in [-0.39, 0.29) is 24.0 Å². The maximum atomic E-state index is 13.4. The Morgan fingerprint density at radius 3 is 2.32 bits per heavy atom. The molecule has 4 rings (SSSR count). The lowest BCUT2D eigenvalue weighted by Gasteiger charge is -2.14. The van der Waals surface area contributed by atoms with E-state index in [1.165, 1.54) is 39.8 Å². The van der Waals surface area contributed by atoms with E-state index in [1.54, 1.807) is 36.5 Å². The van der Waals surface area contributed by atoms with Crippen LogP contribution in [-0.2, 0) is 11.2 Å². The van der Waals surface area contributed by atoms with Crippen molar-refractivity contribution in [2.24, 2.45) is 0 Å². The third-order valence-corrected chi connectivity index (χ3v) is 4.99. The fraction of sp³-hybridized carbons (Fsp3) is 0.167. The van der Waals surface area contributed by atoms with Gasteiger partial charge in [-0.05, 0) is 48.0 Å². The number of aromatic nitrogens is 3. The molecule has 0 aliphatic rings. The van der Waals surface area contributed by atoms with Crippen molar-refractivity contribution in [1.82, 2.24) is 15.1 Å². The summed E-state index contributed by atoms with van der Waals surface area (Å²) in [6, 6.07) is 10.8. The molecule has 174 valence electrons. The Morgan fingerprint density at radius 1 is 1.03 bits per heavy atom. The molecule has 10 heteroatoms. The highest BCUT2D eigenvalue weighted by molar-refractivity contribution is 5.97. The first kappa shape index (κ1) is 22.7. The Labute approximate surface area is 194 Å². The van der Waals surface area contributed by atoms with Crippen LogP contribution in [-0.4, -0.2) is 42.4 Å². The number of rotatable bonds is 8. The SMILES string of the molecule is COc1cc(CC(=O)Nc2onc(-c3ccc(F)cc3)c2-c2ccncn2)cc(OC)c1OC. The highest BCUT2D eigenvalue weighted by Gasteiger charge is 2.23. The Balaban J connectivity index is 1.65. The summed E-state index contributed by atoms with van der Waals surface area (Å²) in [6.45, 7) is 0. The highest BCUT2D eigenvalue weighted by atomic mass is 19.1. The Hall–Kier alpha value is -4.47. The maximum absolute atomic E-state index is 13.4. The lowest BCUT2D eigenvalue weighted by atomic mass is 10.0. The number of methoxy groups -OCH3 is 3. The van der Waals surface area contributed by atoms with E-state index in [0.29, 0.717) is 45.3 Å². The summed E-state index contributed by atoms with van der Waals surface area (Å²) >= 11 is 0. The van der Waals surface area contributed by atoms with E-state index in [0.717, 1.165) is 0 Å². The minimum Gasteiger partial charge on any atom is -0.493 e. The summed E-state index contributed by atoms with van der Waals surface area (Å²) in [7, 11) is 4.51. The van der Waals surface area contributed by atoms with Crippen LogP contribution in [0, 0.1) is 5.82 Å². The van der Waals surface area contributed by atoms with E-state index in [2.05, 4.69) is 20.4 Å². The first-order chi connectivity index (χ1) is 16.5. The molecule has 0 atom stereocenters. The minimum atomic E-state index is -0.380. The van der Waals surface area contributed by atoms with Gasteiger partial charge in [0.1, 0.15) is 17.8 Å². The molecule has 0 unspecified atom stereocenters. The van der Waals surface area contributed by atoms with Crippen molar-refractivity contribution in [3.8, 4) is 39.8 Å². The average molecular weight is 464 g/mol. The number of anilines is 1. The number of nitrogens with zero attached hydrogens (tertiary/aromatic N) is 3. The van der Waals surface area contributed by atoms with Gasteiger partial charge in [0, 0.05) is 11.8 Å². The number of carbonyl (C=O) groups excluding carboxylic acids is 1. The third kappa shape index (κ3) is 4.65. The summed E-state index contributed by atoms with van der Waals surface area (Å²) < 4.78 is 34.9. The van der Waals surface area contributed by atoms with Crippen LogP contribution in [0.15, 0.2) is 59.5 Å². The first-order valence-corrected chi connectivity index (χ1v) is 10.1. The largest absolute Gasteiger partial charge is 0.493 e. The van der Waals surface area contributed by atoms with Crippen LogP contribution < -0.4 is 19.5 Å². The second kappa shape index (κ2) is 9.99. The topological polar surface area (TPSA) is 109 Å². The smallest absolute Gasteiger partial charge is 0.241 e. The number of ether oxygens (including phenoxy) is 3. The zero-order valence-corrected chi connectivity index (χ0v) is 18.7. The van der Waals surface area contributed by atoms with Crippen molar-refractivity contribution < 1.29 is 27.9 Å².